The van der Waals surface area contributed by atoms with Crippen LogP contribution >= 0.6 is 0 Å². The summed E-state index contributed by atoms with van der Waals surface area (Å²) in [5, 5.41) is 2.92. The van der Waals surface area contributed by atoms with Crippen molar-refractivity contribution in [1.29, 1.82) is 0 Å². The molecule has 0 saturated carbocycles. The first-order valence-electron chi connectivity index (χ1n) is 8.50. The van der Waals surface area contributed by atoms with Crippen LogP contribution in [0.1, 0.15) is 24.2 Å². The van der Waals surface area contributed by atoms with E-state index in [4.69, 9.17) is 9.47 Å². The van der Waals surface area contributed by atoms with Crippen molar-refractivity contribution < 1.29 is 14.3 Å². The number of carbonyl (C=O) groups is 1. The van der Waals surface area contributed by atoms with Gasteiger partial charge in [-0.15, -0.1) is 0 Å². The van der Waals surface area contributed by atoms with Gasteiger partial charge in [0.1, 0.15) is 5.75 Å². The smallest absolute Gasteiger partial charge is 0.255 e. The standard InChI is InChI=1S/C20H24N2O3/c1-14-13-25-15(2)12-22(14)18-8-6-17(7-9-18)21-20(23)16-4-10-19(24-3)11-5-16/h4-11,14-15H,12-13H2,1-3H3,(H,21,23). The largest absolute Gasteiger partial charge is 0.497 e. The zero-order valence-electron chi connectivity index (χ0n) is 14.9. The van der Waals surface area contributed by atoms with Gasteiger partial charge in [0, 0.05) is 29.5 Å². The van der Waals surface area contributed by atoms with Gasteiger partial charge in [-0.25, -0.2) is 0 Å². The third-order valence-electron chi connectivity index (χ3n) is 4.42. The van der Waals surface area contributed by atoms with Crippen LogP contribution in [0.2, 0.25) is 0 Å². The van der Waals surface area contributed by atoms with Crippen LogP contribution in [-0.2, 0) is 4.74 Å². The van der Waals surface area contributed by atoms with Crippen LogP contribution in [0.4, 0.5) is 11.4 Å². The number of methoxy groups -OCH3 is 1. The van der Waals surface area contributed by atoms with Gasteiger partial charge in [-0.1, -0.05) is 0 Å². The minimum absolute atomic E-state index is 0.135. The molecule has 0 aromatic heterocycles. The third-order valence-corrected chi connectivity index (χ3v) is 4.42. The number of hydrogen-bond donors (Lipinski definition) is 1. The number of rotatable bonds is 4. The Morgan fingerprint density at radius 3 is 2.44 bits per heavy atom. The van der Waals surface area contributed by atoms with E-state index in [1.807, 2.05) is 24.3 Å². The van der Waals surface area contributed by atoms with Crippen LogP contribution in [0, 0.1) is 0 Å². The predicted octanol–water partition coefficient (Wildman–Crippen LogP) is 3.56. The lowest BCUT2D eigenvalue weighted by molar-refractivity contribution is 0.0344. The van der Waals surface area contributed by atoms with Crippen LogP contribution < -0.4 is 15.0 Å². The van der Waals surface area contributed by atoms with Gasteiger partial charge in [0.25, 0.3) is 5.91 Å². The molecular formula is C20H24N2O3. The maximum Gasteiger partial charge on any atom is 0.255 e. The highest BCUT2D eigenvalue weighted by Gasteiger charge is 2.23. The molecule has 1 aliphatic rings. The van der Waals surface area contributed by atoms with Gasteiger partial charge in [-0.05, 0) is 62.4 Å². The molecule has 1 N–H and O–H groups in total. The Kier molecular flexibility index (Phi) is 5.24. The van der Waals surface area contributed by atoms with E-state index in [2.05, 4.69) is 24.1 Å². The van der Waals surface area contributed by atoms with E-state index >= 15 is 0 Å². The first-order valence-corrected chi connectivity index (χ1v) is 8.50. The maximum absolute atomic E-state index is 12.3. The van der Waals surface area contributed by atoms with Crippen molar-refractivity contribution in [3.05, 3.63) is 54.1 Å². The number of anilines is 2. The Hall–Kier alpha value is -2.53. The zero-order chi connectivity index (χ0) is 17.8. The van der Waals surface area contributed by atoms with Crippen molar-refractivity contribution in [2.75, 3.05) is 30.5 Å². The Balaban J connectivity index is 1.66. The Morgan fingerprint density at radius 1 is 1.12 bits per heavy atom. The zero-order valence-corrected chi connectivity index (χ0v) is 14.9. The molecule has 2 aromatic rings. The van der Waals surface area contributed by atoms with Crippen LogP contribution in [0.3, 0.4) is 0 Å². The molecule has 5 nitrogen and oxygen atoms in total. The summed E-state index contributed by atoms with van der Waals surface area (Å²) in [7, 11) is 1.60. The highest BCUT2D eigenvalue weighted by Crippen LogP contribution is 2.24. The van der Waals surface area contributed by atoms with Gasteiger partial charge in [-0.3, -0.25) is 4.79 Å². The second kappa shape index (κ2) is 7.57. The molecular weight excluding hydrogens is 316 g/mol. The van der Waals surface area contributed by atoms with Crippen LogP contribution in [0.5, 0.6) is 5.75 Å². The summed E-state index contributed by atoms with van der Waals surface area (Å²) in [6, 6.07) is 15.3. The summed E-state index contributed by atoms with van der Waals surface area (Å²) < 4.78 is 10.8. The molecule has 1 heterocycles. The first-order chi connectivity index (χ1) is 12.1. The van der Waals surface area contributed by atoms with Crippen molar-refractivity contribution in [2.45, 2.75) is 26.0 Å². The van der Waals surface area contributed by atoms with Gasteiger partial charge in [-0.2, -0.15) is 0 Å². The Morgan fingerprint density at radius 2 is 1.80 bits per heavy atom. The van der Waals surface area contributed by atoms with Gasteiger partial charge in [0.2, 0.25) is 0 Å². The minimum atomic E-state index is -0.135. The molecule has 1 saturated heterocycles. The van der Waals surface area contributed by atoms with E-state index in [1.54, 1.807) is 31.4 Å². The minimum Gasteiger partial charge on any atom is -0.497 e. The monoisotopic (exact) mass is 340 g/mol. The molecule has 0 bridgehead atoms. The molecule has 2 aromatic carbocycles. The topological polar surface area (TPSA) is 50.8 Å². The summed E-state index contributed by atoms with van der Waals surface area (Å²) in [6.45, 7) is 5.85. The molecule has 3 rings (SSSR count). The lowest BCUT2D eigenvalue weighted by atomic mass is 10.1. The fraction of sp³-hybridized carbons (Fsp3) is 0.350. The normalized spacial score (nSPS) is 20.2. The van der Waals surface area contributed by atoms with Crippen molar-refractivity contribution in [3.8, 4) is 5.75 Å². The lowest BCUT2D eigenvalue weighted by Gasteiger charge is -2.38. The average molecular weight is 340 g/mol. The molecule has 25 heavy (non-hydrogen) atoms. The molecule has 2 atom stereocenters. The van der Waals surface area contributed by atoms with E-state index in [1.165, 1.54) is 0 Å². The fourth-order valence-electron chi connectivity index (χ4n) is 2.94. The Bertz CT molecular complexity index is 713. The maximum atomic E-state index is 12.3. The number of ether oxygens (including phenoxy) is 2. The number of carbonyl (C=O) groups excluding carboxylic acids is 1. The molecule has 1 fully saturated rings. The molecule has 5 heteroatoms. The predicted molar refractivity (Wildman–Crippen MR) is 99.6 cm³/mol. The van der Waals surface area contributed by atoms with Crippen molar-refractivity contribution in [3.63, 3.8) is 0 Å². The summed E-state index contributed by atoms with van der Waals surface area (Å²) >= 11 is 0. The van der Waals surface area contributed by atoms with Gasteiger partial charge in [0.15, 0.2) is 0 Å². The molecule has 132 valence electrons. The van der Waals surface area contributed by atoms with Gasteiger partial charge < -0.3 is 19.7 Å². The summed E-state index contributed by atoms with van der Waals surface area (Å²) in [5.41, 5.74) is 2.52. The molecule has 0 spiro atoms. The second-order valence-corrected chi connectivity index (χ2v) is 6.37. The number of hydrogen-bond acceptors (Lipinski definition) is 4. The van der Waals surface area contributed by atoms with Gasteiger partial charge in [0.05, 0.1) is 19.8 Å². The number of nitrogens with one attached hydrogen (secondary N) is 1. The highest BCUT2D eigenvalue weighted by atomic mass is 16.5. The van der Waals surface area contributed by atoms with E-state index in [0.717, 1.165) is 30.3 Å². The molecule has 0 radical (unpaired) electrons. The van der Waals surface area contributed by atoms with E-state index in [-0.39, 0.29) is 12.0 Å². The highest BCUT2D eigenvalue weighted by molar-refractivity contribution is 6.04. The van der Waals surface area contributed by atoms with Crippen LogP contribution in [-0.4, -0.2) is 38.3 Å². The molecule has 1 aliphatic heterocycles. The number of nitrogens with zero attached hydrogens (tertiary/aromatic N) is 1. The van der Waals surface area contributed by atoms with E-state index in [9.17, 15) is 4.79 Å². The van der Waals surface area contributed by atoms with E-state index in [0.29, 0.717) is 11.6 Å². The Labute approximate surface area is 148 Å². The van der Waals surface area contributed by atoms with Crippen molar-refractivity contribution >= 4 is 17.3 Å². The average Bonchev–Trinajstić information content (AvgIpc) is 2.64. The van der Waals surface area contributed by atoms with Crippen molar-refractivity contribution in [1.82, 2.24) is 0 Å². The number of benzene rings is 2. The third kappa shape index (κ3) is 4.12. The van der Waals surface area contributed by atoms with E-state index < -0.39 is 0 Å². The SMILES string of the molecule is COc1ccc(C(=O)Nc2ccc(N3CC(C)OCC3C)cc2)cc1. The van der Waals surface area contributed by atoms with Crippen LogP contribution in [0.15, 0.2) is 48.5 Å². The first kappa shape index (κ1) is 17.3. The molecule has 0 aliphatic carbocycles. The lowest BCUT2D eigenvalue weighted by Crippen LogP contribution is -2.47. The number of amides is 1. The van der Waals surface area contributed by atoms with Crippen LogP contribution in [0.25, 0.3) is 0 Å². The van der Waals surface area contributed by atoms with Crippen molar-refractivity contribution in [2.24, 2.45) is 0 Å². The fourth-order valence-corrected chi connectivity index (χ4v) is 2.94. The quantitative estimate of drug-likeness (QED) is 0.924. The summed E-state index contributed by atoms with van der Waals surface area (Å²) in [5.74, 6) is 0.596. The summed E-state index contributed by atoms with van der Waals surface area (Å²) in [6.07, 6.45) is 0.227. The number of morpholine rings is 1. The molecule has 2 unspecified atom stereocenters. The molecule has 1 amide bonds. The summed E-state index contributed by atoms with van der Waals surface area (Å²) in [4.78, 5) is 14.7. The van der Waals surface area contributed by atoms with Gasteiger partial charge >= 0.3 is 0 Å². The second-order valence-electron chi connectivity index (χ2n) is 6.37.